The third-order valence-corrected chi connectivity index (χ3v) is 6.25. The molecular formula is C28H25ClN2O6. The van der Waals surface area contributed by atoms with Crippen LogP contribution < -0.4 is 19.7 Å². The van der Waals surface area contributed by atoms with Crippen LogP contribution in [0, 0.1) is 6.92 Å². The van der Waals surface area contributed by atoms with E-state index < -0.39 is 23.5 Å². The highest BCUT2D eigenvalue weighted by molar-refractivity contribution is 6.52. The first kappa shape index (κ1) is 25.8. The maximum absolute atomic E-state index is 13.5. The van der Waals surface area contributed by atoms with Crippen LogP contribution in [0.5, 0.6) is 11.5 Å². The van der Waals surface area contributed by atoms with Gasteiger partial charge in [0.25, 0.3) is 11.7 Å². The Morgan fingerprint density at radius 1 is 1.03 bits per heavy atom. The molecule has 3 aromatic rings. The van der Waals surface area contributed by atoms with Crippen molar-refractivity contribution in [1.29, 1.82) is 0 Å². The minimum Gasteiger partial charge on any atom is -0.507 e. The first-order valence-electron chi connectivity index (χ1n) is 11.3. The lowest BCUT2D eigenvalue weighted by molar-refractivity contribution is -0.132. The summed E-state index contributed by atoms with van der Waals surface area (Å²) < 4.78 is 11.0. The molecule has 9 heteroatoms. The van der Waals surface area contributed by atoms with Crippen LogP contribution in [0.1, 0.15) is 29.7 Å². The predicted octanol–water partition coefficient (Wildman–Crippen LogP) is 5.25. The van der Waals surface area contributed by atoms with E-state index in [0.29, 0.717) is 22.7 Å². The molecule has 0 spiro atoms. The van der Waals surface area contributed by atoms with Crippen LogP contribution in [0.25, 0.3) is 5.76 Å². The first-order valence-corrected chi connectivity index (χ1v) is 11.7. The van der Waals surface area contributed by atoms with Crippen molar-refractivity contribution in [2.75, 3.05) is 24.4 Å². The Morgan fingerprint density at radius 3 is 2.43 bits per heavy atom. The van der Waals surface area contributed by atoms with Crippen molar-refractivity contribution in [3.05, 3.63) is 87.9 Å². The molecule has 0 bridgehead atoms. The van der Waals surface area contributed by atoms with Gasteiger partial charge in [-0.3, -0.25) is 19.3 Å². The predicted molar refractivity (Wildman–Crippen MR) is 141 cm³/mol. The lowest BCUT2D eigenvalue weighted by atomic mass is 9.93. The molecule has 190 valence electrons. The molecule has 0 radical (unpaired) electrons. The van der Waals surface area contributed by atoms with E-state index in [0.717, 1.165) is 5.56 Å². The number of benzene rings is 3. The molecule has 2 N–H and O–H groups in total. The third-order valence-electron chi connectivity index (χ3n) is 5.97. The van der Waals surface area contributed by atoms with Crippen LogP contribution in [0.15, 0.2) is 66.2 Å². The number of hydrogen-bond donors (Lipinski definition) is 2. The maximum atomic E-state index is 13.5. The van der Waals surface area contributed by atoms with E-state index in [-0.39, 0.29) is 27.8 Å². The Bertz CT molecular complexity index is 1450. The molecule has 4 rings (SSSR count). The summed E-state index contributed by atoms with van der Waals surface area (Å²) in [5.74, 6) is -1.88. The number of aliphatic hydroxyl groups is 1. The number of aryl methyl sites for hydroxylation is 1. The summed E-state index contributed by atoms with van der Waals surface area (Å²) in [6, 6.07) is 15.7. The fourth-order valence-corrected chi connectivity index (χ4v) is 4.83. The van der Waals surface area contributed by atoms with Crippen molar-refractivity contribution < 1.29 is 29.0 Å². The van der Waals surface area contributed by atoms with Crippen molar-refractivity contribution in [1.82, 2.24) is 0 Å². The van der Waals surface area contributed by atoms with E-state index in [9.17, 15) is 19.5 Å². The van der Waals surface area contributed by atoms with Crippen LogP contribution >= 0.6 is 11.6 Å². The normalized spacial score (nSPS) is 16.6. The summed E-state index contributed by atoms with van der Waals surface area (Å²) >= 11 is 6.36. The van der Waals surface area contributed by atoms with E-state index >= 15 is 0 Å². The topological polar surface area (TPSA) is 105 Å². The molecule has 0 aliphatic carbocycles. The molecule has 8 nitrogen and oxygen atoms in total. The highest BCUT2D eigenvalue weighted by Crippen LogP contribution is 2.46. The van der Waals surface area contributed by atoms with Crippen LogP contribution in [0.4, 0.5) is 11.4 Å². The summed E-state index contributed by atoms with van der Waals surface area (Å²) in [7, 11) is 2.88. The number of carbonyl (C=O) groups excluding carboxylic acids is 3. The molecule has 1 aliphatic heterocycles. The number of methoxy groups -OCH3 is 2. The van der Waals surface area contributed by atoms with Gasteiger partial charge in [-0.2, -0.15) is 0 Å². The SMILES string of the molecule is COc1ccccc1C1/C(=C(\O)c2cc(C)cc(Cl)c2OC)C(=O)C(=O)N1c1cccc(NC(C)=O)c1. The van der Waals surface area contributed by atoms with Gasteiger partial charge in [0.15, 0.2) is 0 Å². The zero-order chi connectivity index (χ0) is 26.9. The van der Waals surface area contributed by atoms with Gasteiger partial charge in [-0.05, 0) is 48.9 Å². The van der Waals surface area contributed by atoms with E-state index in [4.69, 9.17) is 21.1 Å². The Kier molecular flexibility index (Phi) is 7.22. The molecule has 0 aromatic heterocycles. The van der Waals surface area contributed by atoms with Crippen molar-refractivity contribution in [2.45, 2.75) is 19.9 Å². The van der Waals surface area contributed by atoms with Gasteiger partial charge in [0.2, 0.25) is 5.91 Å². The molecule has 1 fully saturated rings. The van der Waals surface area contributed by atoms with Crippen LogP contribution in [0.3, 0.4) is 0 Å². The van der Waals surface area contributed by atoms with Crippen LogP contribution in [0.2, 0.25) is 5.02 Å². The van der Waals surface area contributed by atoms with E-state index in [2.05, 4.69) is 5.32 Å². The number of ether oxygens (including phenoxy) is 2. The number of rotatable bonds is 6. The number of amides is 2. The highest BCUT2D eigenvalue weighted by Gasteiger charge is 2.48. The first-order chi connectivity index (χ1) is 17.7. The lowest BCUT2D eigenvalue weighted by Gasteiger charge is -2.27. The highest BCUT2D eigenvalue weighted by atomic mass is 35.5. The number of anilines is 2. The summed E-state index contributed by atoms with van der Waals surface area (Å²) in [5.41, 5.74) is 2.01. The Balaban J connectivity index is 2.02. The van der Waals surface area contributed by atoms with Gasteiger partial charge in [-0.25, -0.2) is 0 Å². The molecule has 1 heterocycles. The molecule has 0 saturated carbocycles. The summed E-state index contributed by atoms with van der Waals surface area (Å²) in [6.07, 6.45) is 0. The van der Waals surface area contributed by atoms with E-state index in [1.54, 1.807) is 67.6 Å². The number of hydrogen-bond acceptors (Lipinski definition) is 6. The molecule has 1 atom stereocenters. The number of Topliss-reactive ketones (excluding diaryl/α,β-unsaturated/α-hetero) is 1. The Labute approximate surface area is 219 Å². The molecular weight excluding hydrogens is 496 g/mol. The zero-order valence-electron chi connectivity index (χ0n) is 20.7. The van der Waals surface area contributed by atoms with Gasteiger partial charge in [0.05, 0.1) is 36.4 Å². The van der Waals surface area contributed by atoms with E-state index in [1.807, 2.05) is 0 Å². The monoisotopic (exact) mass is 520 g/mol. The van der Waals surface area contributed by atoms with Crippen molar-refractivity contribution in [3.8, 4) is 11.5 Å². The number of carbonyl (C=O) groups is 3. The van der Waals surface area contributed by atoms with Crippen molar-refractivity contribution in [2.24, 2.45) is 0 Å². The van der Waals surface area contributed by atoms with Gasteiger partial charge in [0, 0.05) is 23.9 Å². The number of nitrogens with zero attached hydrogens (tertiary/aromatic N) is 1. The summed E-state index contributed by atoms with van der Waals surface area (Å²) in [4.78, 5) is 39.9. The van der Waals surface area contributed by atoms with Gasteiger partial charge < -0.3 is 19.9 Å². The molecule has 1 saturated heterocycles. The van der Waals surface area contributed by atoms with Crippen LogP contribution in [-0.4, -0.2) is 36.9 Å². The quantitative estimate of drug-likeness (QED) is 0.261. The van der Waals surface area contributed by atoms with Gasteiger partial charge in [-0.15, -0.1) is 0 Å². The van der Waals surface area contributed by atoms with Gasteiger partial charge >= 0.3 is 0 Å². The largest absolute Gasteiger partial charge is 0.507 e. The second kappa shape index (κ2) is 10.4. The lowest BCUT2D eigenvalue weighted by Crippen LogP contribution is -2.29. The fourth-order valence-electron chi connectivity index (χ4n) is 4.48. The standard InChI is InChI=1S/C28H25ClN2O6/c1-15-12-20(27(37-4)21(29)13-15)25(33)23-24(19-10-5-6-11-22(19)36-3)31(28(35)26(23)34)18-9-7-8-17(14-18)30-16(2)32/h5-14,24,33H,1-4H3,(H,30,32)/b25-23+. The third kappa shape index (κ3) is 4.75. The smallest absolute Gasteiger partial charge is 0.300 e. The summed E-state index contributed by atoms with van der Waals surface area (Å²) in [5, 5.41) is 14.5. The Morgan fingerprint density at radius 2 is 1.76 bits per heavy atom. The van der Waals surface area contributed by atoms with Crippen molar-refractivity contribution in [3.63, 3.8) is 0 Å². The Hall–Kier alpha value is -4.30. The fraction of sp³-hybridized carbons (Fsp3) is 0.179. The molecule has 1 aliphatic rings. The molecule has 3 aromatic carbocycles. The number of nitrogens with one attached hydrogen (secondary N) is 1. The van der Waals surface area contributed by atoms with Crippen molar-refractivity contribution >= 4 is 46.3 Å². The minimum absolute atomic E-state index is 0.153. The average molecular weight is 521 g/mol. The molecule has 2 amide bonds. The zero-order valence-corrected chi connectivity index (χ0v) is 21.4. The number of aliphatic hydroxyl groups excluding tert-OH is 1. The molecule has 37 heavy (non-hydrogen) atoms. The number of para-hydroxylation sites is 1. The number of ketones is 1. The summed E-state index contributed by atoms with van der Waals surface area (Å²) in [6.45, 7) is 3.15. The second-order valence-electron chi connectivity index (χ2n) is 8.47. The number of halogens is 1. The van der Waals surface area contributed by atoms with E-state index in [1.165, 1.54) is 26.0 Å². The minimum atomic E-state index is -1.05. The second-order valence-corrected chi connectivity index (χ2v) is 8.88. The molecule has 1 unspecified atom stereocenters. The van der Waals surface area contributed by atoms with Gasteiger partial charge in [-0.1, -0.05) is 35.9 Å². The average Bonchev–Trinajstić information content (AvgIpc) is 3.13. The maximum Gasteiger partial charge on any atom is 0.300 e. The van der Waals surface area contributed by atoms with Crippen LogP contribution in [-0.2, 0) is 14.4 Å². The van der Waals surface area contributed by atoms with Gasteiger partial charge in [0.1, 0.15) is 17.3 Å².